The van der Waals surface area contributed by atoms with Gasteiger partial charge >= 0.3 is 6.09 Å². The average molecular weight is 298 g/mol. The highest BCUT2D eigenvalue weighted by Gasteiger charge is 2.41. The molecule has 108 valence electrons. The molecule has 2 atom stereocenters. The van der Waals surface area contributed by atoms with E-state index in [0.29, 0.717) is 35.8 Å². The Hall–Kier alpha value is -1.69. The number of aromatic nitrogens is 1. The topological polar surface area (TPSA) is 65.9 Å². The highest BCUT2D eigenvalue weighted by Crippen LogP contribution is 2.35. The van der Waals surface area contributed by atoms with Crippen molar-refractivity contribution in [3.63, 3.8) is 0 Å². The third kappa shape index (κ3) is 2.24. The molecule has 1 N–H and O–H groups in total. The molecule has 0 radical (unpaired) electrons. The predicted molar refractivity (Wildman–Crippen MR) is 74.6 cm³/mol. The lowest BCUT2D eigenvalue weighted by molar-refractivity contribution is 0.153. The molecule has 0 unspecified atom stereocenters. The number of pyridine rings is 1. The molecule has 2 fully saturated rings. The van der Waals surface area contributed by atoms with Gasteiger partial charge in [-0.05, 0) is 0 Å². The van der Waals surface area contributed by atoms with Crippen molar-refractivity contribution in [1.29, 1.82) is 0 Å². The zero-order valence-electron chi connectivity index (χ0n) is 11.1. The number of rotatable bonds is 2. The smallest absolute Gasteiger partial charge is 0.407 e. The van der Waals surface area contributed by atoms with Crippen molar-refractivity contribution < 1.29 is 14.6 Å². The van der Waals surface area contributed by atoms with Crippen LogP contribution in [0.25, 0.3) is 0 Å². The first kappa shape index (κ1) is 13.3. The Labute approximate surface area is 121 Å². The SMILES string of the molecule is COc1cc(N2C[C@H]3CN(C(=O)O)C[C@H]3C2)cnc1Cl. The van der Waals surface area contributed by atoms with Gasteiger partial charge in [-0.1, -0.05) is 11.6 Å². The lowest BCUT2D eigenvalue weighted by Crippen LogP contribution is -2.32. The Kier molecular flexibility index (Phi) is 3.33. The van der Waals surface area contributed by atoms with Crippen molar-refractivity contribution in [2.75, 3.05) is 38.2 Å². The number of nitrogens with zero attached hydrogens (tertiary/aromatic N) is 3. The Morgan fingerprint density at radius 3 is 2.60 bits per heavy atom. The molecule has 1 amide bonds. The summed E-state index contributed by atoms with van der Waals surface area (Å²) >= 11 is 5.93. The molecule has 0 spiro atoms. The first-order chi connectivity index (χ1) is 9.58. The van der Waals surface area contributed by atoms with Crippen LogP contribution in [-0.2, 0) is 0 Å². The molecule has 0 bridgehead atoms. The quantitative estimate of drug-likeness (QED) is 0.843. The van der Waals surface area contributed by atoms with E-state index in [4.69, 9.17) is 21.4 Å². The number of carboxylic acid groups (broad SMARTS) is 1. The van der Waals surface area contributed by atoms with Crippen molar-refractivity contribution in [1.82, 2.24) is 9.88 Å². The van der Waals surface area contributed by atoms with E-state index in [-0.39, 0.29) is 0 Å². The van der Waals surface area contributed by atoms with Gasteiger partial charge in [0.15, 0.2) is 10.9 Å². The van der Waals surface area contributed by atoms with Crippen molar-refractivity contribution in [2.45, 2.75) is 0 Å². The molecular formula is C13H16ClN3O3. The van der Waals surface area contributed by atoms with Crippen LogP contribution in [0.5, 0.6) is 5.75 Å². The van der Waals surface area contributed by atoms with Gasteiger partial charge in [-0.15, -0.1) is 0 Å². The number of halogens is 1. The Balaban J connectivity index is 1.72. The number of anilines is 1. The summed E-state index contributed by atoms with van der Waals surface area (Å²) in [7, 11) is 1.57. The molecular weight excluding hydrogens is 282 g/mol. The van der Waals surface area contributed by atoms with Gasteiger partial charge in [0.2, 0.25) is 0 Å². The van der Waals surface area contributed by atoms with Crippen molar-refractivity contribution in [2.24, 2.45) is 11.8 Å². The standard InChI is InChI=1S/C13H16ClN3O3/c1-20-11-2-10(3-15-12(11)14)16-4-8-6-17(13(18)19)7-9(8)5-16/h2-3,8-9H,4-7H2,1H3,(H,18,19)/t8-,9+. The number of methoxy groups -OCH3 is 1. The molecule has 20 heavy (non-hydrogen) atoms. The van der Waals surface area contributed by atoms with E-state index >= 15 is 0 Å². The number of fused-ring (bicyclic) bond motifs is 1. The van der Waals surface area contributed by atoms with E-state index in [9.17, 15) is 4.79 Å². The highest BCUT2D eigenvalue weighted by atomic mass is 35.5. The second kappa shape index (κ2) is 5.01. The number of amides is 1. The van der Waals surface area contributed by atoms with Crippen LogP contribution in [-0.4, -0.2) is 54.4 Å². The number of ether oxygens (including phenoxy) is 1. The predicted octanol–water partition coefficient (Wildman–Crippen LogP) is 1.79. The monoisotopic (exact) mass is 297 g/mol. The summed E-state index contributed by atoms with van der Waals surface area (Å²) in [6.07, 6.45) is 0.918. The molecule has 2 aliphatic heterocycles. The van der Waals surface area contributed by atoms with E-state index in [1.807, 2.05) is 6.07 Å². The van der Waals surface area contributed by atoms with Crippen LogP contribution in [0.1, 0.15) is 0 Å². The molecule has 0 saturated carbocycles. The molecule has 0 aromatic carbocycles. The fourth-order valence-corrected chi connectivity index (χ4v) is 3.27. The minimum Gasteiger partial charge on any atom is -0.493 e. The summed E-state index contributed by atoms with van der Waals surface area (Å²) in [5.74, 6) is 1.36. The van der Waals surface area contributed by atoms with Gasteiger partial charge in [0.1, 0.15) is 0 Å². The van der Waals surface area contributed by atoms with Gasteiger partial charge in [-0.25, -0.2) is 9.78 Å². The molecule has 3 rings (SSSR count). The van der Waals surface area contributed by atoms with E-state index in [1.54, 1.807) is 13.3 Å². The van der Waals surface area contributed by atoms with Crippen LogP contribution < -0.4 is 9.64 Å². The van der Waals surface area contributed by atoms with Gasteiger partial charge in [0, 0.05) is 44.1 Å². The summed E-state index contributed by atoms with van der Waals surface area (Å²) in [5, 5.41) is 9.38. The number of hydrogen-bond donors (Lipinski definition) is 1. The Morgan fingerprint density at radius 1 is 1.40 bits per heavy atom. The van der Waals surface area contributed by atoms with E-state index in [2.05, 4.69) is 9.88 Å². The van der Waals surface area contributed by atoms with Gasteiger partial charge in [-0.3, -0.25) is 0 Å². The lowest BCUT2D eigenvalue weighted by Gasteiger charge is -2.22. The molecule has 6 nitrogen and oxygen atoms in total. The fraction of sp³-hybridized carbons (Fsp3) is 0.538. The normalized spacial score (nSPS) is 24.9. The van der Waals surface area contributed by atoms with Gasteiger partial charge in [-0.2, -0.15) is 0 Å². The highest BCUT2D eigenvalue weighted by molar-refractivity contribution is 6.30. The maximum atomic E-state index is 11.0. The van der Waals surface area contributed by atoms with Gasteiger partial charge in [0.25, 0.3) is 0 Å². The van der Waals surface area contributed by atoms with Crippen LogP contribution in [0.2, 0.25) is 5.15 Å². The van der Waals surface area contributed by atoms with Gasteiger partial charge < -0.3 is 19.6 Å². The first-order valence-electron chi connectivity index (χ1n) is 6.51. The van der Waals surface area contributed by atoms with Crippen LogP contribution in [0.4, 0.5) is 10.5 Å². The molecule has 1 aromatic rings. The first-order valence-corrected chi connectivity index (χ1v) is 6.88. The van der Waals surface area contributed by atoms with E-state index in [1.165, 1.54) is 4.90 Å². The molecule has 2 aliphatic rings. The van der Waals surface area contributed by atoms with Crippen molar-refractivity contribution >= 4 is 23.4 Å². The second-order valence-corrected chi connectivity index (χ2v) is 5.66. The minimum absolute atomic E-state index is 0.354. The van der Waals surface area contributed by atoms with Crippen LogP contribution in [0.3, 0.4) is 0 Å². The van der Waals surface area contributed by atoms with E-state index in [0.717, 1.165) is 18.8 Å². The summed E-state index contributed by atoms with van der Waals surface area (Å²) in [4.78, 5) is 18.8. The summed E-state index contributed by atoms with van der Waals surface area (Å²) < 4.78 is 5.18. The number of hydrogen-bond acceptors (Lipinski definition) is 4. The fourth-order valence-electron chi connectivity index (χ4n) is 3.09. The summed E-state index contributed by atoms with van der Waals surface area (Å²) in [6, 6.07) is 1.88. The molecule has 2 saturated heterocycles. The van der Waals surface area contributed by atoms with Crippen LogP contribution >= 0.6 is 11.6 Å². The molecule has 1 aromatic heterocycles. The second-order valence-electron chi connectivity index (χ2n) is 5.30. The third-order valence-electron chi connectivity index (χ3n) is 4.13. The molecule has 7 heteroatoms. The number of carbonyl (C=O) groups is 1. The zero-order chi connectivity index (χ0) is 14.3. The van der Waals surface area contributed by atoms with Crippen molar-refractivity contribution in [3.05, 3.63) is 17.4 Å². The van der Waals surface area contributed by atoms with Crippen molar-refractivity contribution in [3.8, 4) is 5.75 Å². The Bertz CT molecular complexity index is 526. The lowest BCUT2D eigenvalue weighted by atomic mass is 10.0. The number of likely N-dealkylation sites (tertiary alicyclic amines) is 1. The van der Waals surface area contributed by atoms with Crippen LogP contribution in [0.15, 0.2) is 12.3 Å². The molecule has 3 heterocycles. The average Bonchev–Trinajstić information content (AvgIpc) is 2.97. The largest absolute Gasteiger partial charge is 0.493 e. The maximum absolute atomic E-state index is 11.0. The minimum atomic E-state index is -0.819. The molecule has 0 aliphatic carbocycles. The van der Waals surface area contributed by atoms with E-state index < -0.39 is 6.09 Å². The van der Waals surface area contributed by atoms with Crippen LogP contribution in [0, 0.1) is 11.8 Å². The zero-order valence-corrected chi connectivity index (χ0v) is 11.9. The van der Waals surface area contributed by atoms with Gasteiger partial charge in [0.05, 0.1) is 19.0 Å². The summed E-state index contributed by atoms with van der Waals surface area (Å²) in [5.41, 5.74) is 0.975. The summed E-state index contributed by atoms with van der Waals surface area (Å²) in [6.45, 7) is 2.94. The Morgan fingerprint density at radius 2 is 2.05 bits per heavy atom. The maximum Gasteiger partial charge on any atom is 0.407 e. The third-order valence-corrected chi connectivity index (χ3v) is 4.42.